The number of benzene rings is 1. The molecule has 1 aromatic carbocycles. The van der Waals surface area contributed by atoms with Crippen LogP contribution in [0, 0.1) is 10.1 Å². The van der Waals surface area contributed by atoms with Crippen molar-refractivity contribution in [3.8, 4) is 0 Å². The molecule has 4 N–H and O–H groups in total. The standard InChI is InChI=1S/C10H14IN4O3P/c1-14(13)9(6-18-19-11)10(12)7-2-4-8(5-3-7)15(16)17/h2-5,19H,6,12-13H2,1H3/b10-9-. The summed E-state index contributed by atoms with van der Waals surface area (Å²) < 4.78 is 5.31. The fourth-order valence-electron chi connectivity index (χ4n) is 1.39. The van der Waals surface area contributed by atoms with Gasteiger partial charge in [-0.1, -0.05) is 0 Å². The van der Waals surface area contributed by atoms with Gasteiger partial charge in [0.25, 0.3) is 5.69 Å². The first-order valence-corrected chi connectivity index (χ1v) is 9.19. The molecule has 7 nitrogen and oxygen atoms in total. The average Bonchev–Trinajstić information content (AvgIpc) is 2.38. The second kappa shape index (κ2) is 7.59. The van der Waals surface area contributed by atoms with E-state index in [2.05, 4.69) is 22.0 Å². The van der Waals surface area contributed by atoms with Gasteiger partial charge in [0.2, 0.25) is 0 Å². The van der Waals surface area contributed by atoms with Gasteiger partial charge in [-0.05, 0) is 39.7 Å². The third-order valence-electron chi connectivity index (χ3n) is 2.39. The number of nitro groups is 1. The Labute approximate surface area is 125 Å². The van der Waals surface area contributed by atoms with Gasteiger partial charge >= 0.3 is 0 Å². The average molecular weight is 396 g/mol. The molecule has 0 aliphatic rings. The van der Waals surface area contributed by atoms with Crippen molar-refractivity contribution in [1.29, 1.82) is 0 Å². The molecule has 0 amide bonds. The third kappa shape index (κ3) is 4.57. The van der Waals surface area contributed by atoms with Crippen molar-refractivity contribution in [3.05, 3.63) is 45.6 Å². The van der Waals surface area contributed by atoms with Crippen LogP contribution >= 0.6 is 28.5 Å². The van der Waals surface area contributed by atoms with Crippen LogP contribution in [0.3, 0.4) is 0 Å². The van der Waals surface area contributed by atoms with Crippen LogP contribution in [0.15, 0.2) is 30.0 Å². The van der Waals surface area contributed by atoms with E-state index in [4.69, 9.17) is 16.1 Å². The van der Waals surface area contributed by atoms with E-state index in [1.807, 2.05) is 0 Å². The lowest BCUT2D eigenvalue weighted by Crippen LogP contribution is -2.29. The molecule has 0 bridgehead atoms. The first-order valence-electron chi connectivity index (χ1n) is 5.16. The summed E-state index contributed by atoms with van der Waals surface area (Å²) in [6.45, 7) is 0.586. The fraction of sp³-hybridized carbons (Fsp3) is 0.200. The number of likely N-dealkylation sites (N-methyl/N-ethyl adjacent to an activating group) is 1. The van der Waals surface area contributed by atoms with Gasteiger partial charge in [-0.15, -0.1) is 0 Å². The third-order valence-corrected chi connectivity index (χ3v) is 3.58. The number of nitro benzene ring substituents is 1. The van der Waals surface area contributed by atoms with Gasteiger partial charge in [-0.25, -0.2) is 5.84 Å². The first-order chi connectivity index (χ1) is 8.97. The Morgan fingerprint density at radius 2 is 2.11 bits per heavy atom. The Morgan fingerprint density at radius 1 is 1.53 bits per heavy atom. The molecule has 1 rings (SSSR count). The molecule has 0 aliphatic heterocycles. The van der Waals surface area contributed by atoms with E-state index in [9.17, 15) is 10.1 Å². The number of hydrogen-bond donors (Lipinski definition) is 2. The van der Waals surface area contributed by atoms with Crippen LogP contribution in [0.25, 0.3) is 5.70 Å². The Morgan fingerprint density at radius 3 is 2.53 bits per heavy atom. The van der Waals surface area contributed by atoms with E-state index in [1.54, 1.807) is 19.2 Å². The van der Waals surface area contributed by atoms with Gasteiger partial charge in [0.05, 0.1) is 29.4 Å². The molecule has 0 radical (unpaired) electrons. The lowest BCUT2D eigenvalue weighted by atomic mass is 10.1. The minimum atomic E-state index is -0.458. The van der Waals surface area contributed by atoms with Crippen molar-refractivity contribution in [1.82, 2.24) is 5.01 Å². The number of hydrogen-bond acceptors (Lipinski definition) is 6. The molecular weight excluding hydrogens is 382 g/mol. The molecular formula is C10H14IN4O3P. The van der Waals surface area contributed by atoms with Gasteiger partial charge in [0.1, 0.15) is 0 Å². The number of non-ortho nitro benzene ring substituents is 1. The molecule has 1 aromatic rings. The van der Waals surface area contributed by atoms with Gasteiger partial charge in [-0.3, -0.25) is 10.1 Å². The zero-order valence-corrected chi connectivity index (χ0v) is 13.3. The molecule has 0 aromatic heterocycles. The van der Waals surface area contributed by atoms with E-state index in [-0.39, 0.29) is 12.3 Å². The summed E-state index contributed by atoms with van der Waals surface area (Å²) in [6, 6.07) is 5.97. The van der Waals surface area contributed by atoms with Crippen molar-refractivity contribution in [2.24, 2.45) is 11.6 Å². The van der Waals surface area contributed by atoms with Crippen molar-refractivity contribution in [2.75, 3.05) is 13.7 Å². The molecule has 0 fully saturated rings. The molecule has 1 atom stereocenters. The van der Waals surface area contributed by atoms with Gasteiger partial charge < -0.3 is 15.3 Å². The molecule has 0 saturated carbocycles. The second-order valence-electron chi connectivity index (χ2n) is 3.64. The Kier molecular flexibility index (Phi) is 6.43. The highest BCUT2D eigenvalue weighted by Gasteiger charge is 2.11. The molecule has 0 aliphatic carbocycles. The molecule has 104 valence electrons. The monoisotopic (exact) mass is 396 g/mol. The predicted molar refractivity (Wildman–Crippen MR) is 84.4 cm³/mol. The predicted octanol–water partition coefficient (Wildman–Crippen LogP) is 1.99. The highest BCUT2D eigenvalue weighted by Crippen LogP contribution is 2.25. The fourth-order valence-corrected chi connectivity index (χ4v) is 2.05. The number of hydrazine groups is 1. The molecule has 0 spiro atoms. The van der Waals surface area contributed by atoms with Crippen molar-refractivity contribution >= 4 is 39.9 Å². The summed E-state index contributed by atoms with van der Waals surface area (Å²) in [5, 5.41) is 12.0. The first kappa shape index (κ1) is 16.1. The van der Waals surface area contributed by atoms with Crippen LogP contribution in [0.4, 0.5) is 5.69 Å². The zero-order chi connectivity index (χ0) is 14.4. The highest BCUT2D eigenvalue weighted by molar-refractivity contribution is 14.2. The van der Waals surface area contributed by atoms with E-state index < -0.39 is 4.92 Å². The minimum absolute atomic E-state index is 0.0178. The summed E-state index contributed by atoms with van der Waals surface area (Å²) >= 11 is 2.10. The van der Waals surface area contributed by atoms with E-state index in [0.717, 1.165) is 0 Å². The smallest absolute Gasteiger partial charge is 0.269 e. The summed E-state index contributed by atoms with van der Waals surface area (Å²) in [5.74, 6) is 5.70. The Balaban J connectivity index is 3.05. The van der Waals surface area contributed by atoms with Crippen LogP contribution in [0.5, 0.6) is 0 Å². The van der Waals surface area contributed by atoms with Gasteiger partial charge in [0, 0.05) is 19.2 Å². The summed E-state index contributed by atoms with van der Waals surface area (Å²) in [7, 11) is 1.66. The normalized spacial score (nSPS) is 12.6. The maximum absolute atomic E-state index is 10.6. The topological polar surface area (TPSA) is 108 Å². The zero-order valence-electron chi connectivity index (χ0n) is 10.2. The number of rotatable bonds is 6. The quantitative estimate of drug-likeness (QED) is 0.250. The minimum Gasteiger partial charge on any atom is -0.397 e. The second-order valence-corrected chi connectivity index (χ2v) is 5.41. The molecule has 1 unspecified atom stereocenters. The molecule has 0 saturated heterocycles. The van der Waals surface area contributed by atoms with Crippen LogP contribution in [0.1, 0.15) is 5.56 Å². The molecule has 9 heteroatoms. The lowest BCUT2D eigenvalue weighted by Gasteiger charge is -2.19. The maximum Gasteiger partial charge on any atom is 0.269 e. The highest BCUT2D eigenvalue weighted by atomic mass is 127. The van der Waals surface area contributed by atoms with Crippen molar-refractivity contribution < 1.29 is 9.45 Å². The van der Waals surface area contributed by atoms with Crippen LogP contribution < -0.4 is 11.6 Å². The number of halogens is 1. The van der Waals surface area contributed by atoms with E-state index >= 15 is 0 Å². The number of nitrogens with two attached hydrogens (primary N) is 2. The summed E-state index contributed by atoms with van der Waals surface area (Å²) in [4.78, 5) is 10.1. The van der Waals surface area contributed by atoms with E-state index in [1.165, 1.54) is 17.1 Å². The van der Waals surface area contributed by atoms with Crippen molar-refractivity contribution in [3.63, 3.8) is 0 Å². The van der Waals surface area contributed by atoms with Gasteiger partial charge in [-0.2, -0.15) is 0 Å². The lowest BCUT2D eigenvalue weighted by molar-refractivity contribution is -0.384. The summed E-state index contributed by atoms with van der Waals surface area (Å²) in [5.41, 5.74) is 7.76. The molecule has 19 heavy (non-hydrogen) atoms. The summed E-state index contributed by atoms with van der Waals surface area (Å²) in [6.07, 6.45) is 0. The largest absolute Gasteiger partial charge is 0.397 e. The van der Waals surface area contributed by atoms with Crippen molar-refractivity contribution in [2.45, 2.75) is 0 Å². The van der Waals surface area contributed by atoms with Gasteiger partial charge in [0.15, 0.2) is 0 Å². The SMILES string of the molecule is CN(N)/C(COPI)=C(\N)c1ccc([N+](=O)[O-])cc1. The van der Waals surface area contributed by atoms with Crippen LogP contribution in [0.2, 0.25) is 0 Å². The number of nitrogens with zero attached hydrogens (tertiary/aromatic N) is 2. The van der Waals surface area contributed by atoms with E-state index in [0.29, 0.717) is 23.4 Å². The maximum atomic E-state index is 10.6. The Hall–Kier alpha value is -0.960. The van der Waals surface area contributed by atoms with Crippen LogP contribution in [-0.4, -0.2) is 23.6 Å². The Bertz CT molecular complexity index is 478. The van der Waals surface area contributed by atoms with Crippen LogP contribution in [-0.2, 0) is 4.52 Å². The molecule has 0 heterocycles.